The van der Waals surface area contributed by atoms with Crippen LogP contribution in [0.3, 0.4) is 0 Å². The van der Waals surface area contributed by atoms with Crippen LogP contribution in [0.15, 0.2) is 105 Å². The third kappa shape index (κ3) is 4.61. The molecule has 0 spiro atoms. The van der Waals surface area contributed by atoms with Crippen LogP contribution in [0.5, 0.6) is 0 Å². The molecule has 5 aromatic rings. The van der Waals surface area contributed by atoms with Crippen molar-refractivity contribution in [1.82, 2.24) is 13.7 Å². The molecule has 0 aliphatic carbocycles. The fourth-order valence-corrected chi connectivity index (χ4v) is 4.54. The first-order chi connectivity index (χ1) is 17.8. The topological polar surface area (TPSA) is 78.0 Å². The second-order valence-electron chi connectivity index (χ2n) is 9.16. The minimum absolute atomic E-state index is 0.0897. The van der Waals surface area contributed by atoms with E-state index >= 15 is 0 Å². The van der Waals surface area contributed by atoms with E-state index in [1.165, 1.54) is 15.2 Å². The van der Waals surface area contributed by atoms with Gasteiger partial charge in [-0.05, 0) is 54.4 Å². The highest BCUT2D eigenvalue weighted by atomic mass is 35.5. The maximum Gasteiger partial charge on any atom is 0.341 e. The number of fused-ring (bicyclic) bond motifs is 1. The second-order valence-corrected chi connectivity index (χ2v) is 9.60. The van der Waals surface area contributed by atoms with Crippen molar-refractivity contribution < 1.29 is 0 Å². The highest BCUT2D eigenvalue weighted by Crippen LogP contribution is 2.25. The first-order valence-electron chi connectivity index (χ1n) is 11.9. The van der Waals surface area contributed by atoms with E-state index in [-0.39, 0.29) is 22.5 Å². The minimum atomic E-state index is -0.560. The molecule has 2 heterocycles. The summed E-state index contributed by atoms with van der Waals surface area (Å²) in [6.45, 7) is 4.29. The summed E-state index contributed by atoms with van der Waals surface area (Å²) < 4.78 is 4.10. The normalized spacial score (nSPS) is 11.2. The molecular formula is C29H25ClN4O3. The van der Waals surface area contributed by atoms with Crippen molar-refractivity contribution in [2.45, 2.75) is 20.4 Å². The molecule has 0 saturated heterocycles. The largest absolute Gasteiger partial charge is 0.355 e. The summed E-state index contributed by atoms with van der Waals surface area (Å²) in [5, 5.41) is 4.00. The number of aromatic nitrogens is 3. The van der Waals surface area contributed by atoms with Crippen molar-refractivity contribution in [3.05, 3.63) is 127 Å². The van der Waals surface area contributed by atoms with Gasteiger partial charge in [-0.2, -0.15) is 0 Å². The Morgan fingerprint density at radius 2 is 1.35 bits per heavy atom. The number of hydrogen-bond donors (Lipinski definition) is 1. The maximum atomic E-state index is 14.1. The van der Waals surface area contributed by atoms with Crippen LogP contribution in [0.2, 0.25) is 5.02 Å². The van der Waals surface area contributed by atoms with Crippen LogP contribution < -0.4 is 22.1 Å². The predicted molar refractivity (Wildman–Crippen MR) is 149 cm³/mol. The van der Waals surface area contributed by atoms with Gasteiger partial charge in [0, 0.05) is 23.3 Å². The van der Waals surface area contributed by atoms with Crippen LogP contribution in [-0.2, 0) is 6.54 Å². The first-order valence-corrected chi connectivity index (χ1v) is 12.3. The van der Waals surface area contributed by atoms with Crippen LogP contribution in [0, 0.1) is 5.92 Å². The molecule has 3 aromatic carbocycles. The van der Waals surface area contributed by atoms with Gasteiger partial charge in [-0.15, -0.1) is 0 Å². The van der Waals surface area contributed by atoms with Crippen LogP contribution in [-0.4, -0.2) is 13.7 Å². The van der Waals surface area contributed by atoms with Crippen molar-refractivity contribution in [3.8, 4) is 11.4 Å². The number of para-hydroxylation sites is 2. The van der Waals surface area contributed by atoms with E-state index in [0.29, 0.717) is 34.3 Å². The lowest BCUT2D eigenvalue weighted by atomic mass is 10.2. The second kappa shape index (κ2) is 9.95. The van der Waals surface area contributed by atoms with E-state index in [2.05, 4.69) is 5.32 Å². The van der Waals surface area contributed by atoms with E-state index < -0.39 is 11.2 Å². The van der Waals surface area contributed by atoms with E-state index in [0.717, 1.165) is 4.57 Å². The molecule has 0 saturated carbocycles. The van der Waals surface area contributed by atoms with Gasteiger partial charge in [-0.25, -0.2) is 13.9 Å². The zero-order valence-electron chi connectivity index (χ0n) is 20.4. The Bertz CT molecular complexity index is 1750. The molecule has 0 aliphatic heterocycles. The Kier molecular flexibility index (Phi) is 6.54. The molecule has 0 amide bonds. The fourth-order valence-electron chi connectivity index (χ4n) is 4.41. The lowest BCUT2D eigenvalue weighted by Crippen LogP contribution is -2.41. The van der Waals surface area contributed by atoms with Crippen molar-refractivity contribution in [3.63, 3.8) is 0 Å². The monoisotopic (exact) mass is 512 g/mol. The zero-order valence-corrected chi connectivity index (χ0v) is 21.1. The standard InChI is InChI=1S/C29H25ClN4O3/c1-19(2)18-32-25(35)17-24(31-21-15-13-20(30)14-16-21)26-27(32)33(22-9-5-3-6-10-22)29(37)34(28(26)36)23-11-7-4-8-12-23/h3-17,19,31H,18H2,1-2H3. The van der Waals surface area contributed by atoms with Crippen molar-refractivity contribution in [1.29, 1.82) is 0 Å². The molecule has 186 valence electrons. The van der Waals surface area contributed by atoms with Gasteiger partial charge in [0.2, 0.25) is 0 Å². The summed E-state index contributed by atoms with van der Waals surface area (Å²) in [4.78, 5) is 41.6. The number of benzene rings is 3. The molecule has 37 heavy (non-hydrogen) atoms. The van der Waals surface area contributed by atoms with Crippen molar-refractivity contribution >= 4 is 34.0 Å². The molecule has 0 radical (unpaired) electrons. The number of nitrogens with zero attached hydrogens (tertiary/aromatic N) is 3. The number of hydrogen-bond acceptors (Lipinski definition) is 4. The van der Waals surface area contributed by atoms with Crippen LogP contribution >= 0.6 is 11.6 Å². The maximum absolute atomic E-state index is 14.1. The quantitative estimate of drug-likeness (QED) is 0.332. The van der Waals surface area contributed by atoms with E-state index in [9.17, 15) is 14.4 Å². The Labute approximate surface area is 217 Å². The smallest absolute Gasteiger partial charge is 0.341 e. The summed E-state index contributed by atoms with van der Waals surface area (Å²) in [6, 6.07) is 26.2. The van der Waals surface area contributed by atoms with Crippen molar-refractivity contribution in [2.24, 2.45) is 5.92 Å². The molecule has 0 unspecified atom stereocenters. The van der Waals surface area contributed by atoms with Crippen molar-refractivity contribution in [2.75, 3.05) is 5.32 Å². The molecule has 0 bridgehead atoms. The third-order valence-corrected chi connectivity index (χ3v) is 6.25. The average molecular weight is 513 g/mol. The van der Waals surface area contributed by atoms with E-state index in [1.54, 1.807) is 60.7 Å². The number of rotatable bonds is 6. The number of anilines is 2. The molecule has 0 fully saturated rings. The van der Waals surface area contributed by atoms with Gasteiger partial charge >= 0.3 is 5.69 Å². The SMILES string of the molecule is CC(C)Cn1c(=O)cc(Nc2ccc(Cl)cc2)c2c(=O)n(-c3ccccc3)c(=O)n(-c3ccccc3)c21. The van der Waals surface area contributed by atoms with E-state index in [1.807, 2.05) is 38.1 Å². The van der Waals surface area contributed by atoms with E-state index in [4.69, 9.17) is 11.6 Å². The molecular weight excluding hydrogens is 488 g/mol. The summed E-state index contributed by atoms with van der Waals surface area (Å²) in [6.07, 6.45) is 0. The lowest BCUT2D eigenvalue weighted by molar-refractivity contribution is 0.517. The molecule has 2 aromatic heterocycles. The summed E-state index contributed by atoms with van der Waals surface area (Å²) in [5.41, 5.74) is 0.773. The molecule has 0 aliphatic rings. The zero-order chi connectivity index (χ0) is 26.1. The summed E-state index contributed by atoms with van der Waals surface area (Å²) in [7, 11) is 0. The van der Waals surface area contributed by atoms with Gasteiger partial charge in [0.05, 0.1) is 17.1 Å². The lowest BCUT2D eigenvalue weighted by Gasteiger charge is -2.21. The predicted octanol–water partition coefficient (Wildman–Crippen LogP) is 5.36. The Balaban J connectivity index is 1.97. The molecule has 7 nitrogen and oxygen atoms in total. The Morgan fingerprint density at radius 3 is 1.92 bits per heavy atom. The fraction of sp³-hybridized carbons (Fsp3) is 0.138. The molecule has 1 N–H and O–H groups in total. The average Bonchev–Trinajstić information content (AvgIpc) is 2.88. The van der Waals surface area contributed by atoms with Crippen LogP contribution in [0.4, 0.5) is 11.4 Å². The van der Waals surface area contributed by atoms with Gasteiger partial charge < -0.3 is 5.32 Å². The Hall–Kier alpha value is -4.36. The summed E-state index contributed by atoms with van der Waals surface area (Å²) >= 11 is 6.05. The van der Waals surface area contributed by atoms with Crippen LogP contribution in [0.25, 0.3) is 22.4 Å². The number of halogens is 1. The van der Waals surface area contributed by atoms with Crippen LogP contribution in [0.1, 0.15) is 13.8 Å². The number of nitrogens with one attached hydrogen (secondary N) is 1. The van der Waals surface area contributed by atoms with Gasteiger partial charge in [0.1, 0.15) is 11.0 Å². The molecule has 0 atom stereocenters. The van der Waals surface area contributed by atoms with Gasteiger partial charge in [0.25, 0.3) is 11.1 Å². The highest BCUT2D eigenvalue weighted by Gasteiger charge is 2.23. The highest BCUT2D eigenvalue weighted by molar-refractivity contribution is 6.30. The van der Waals surface area contributed by atoms with Gasteiger partial charge in [-0.1, -0.05) is 61.8 Å². The number of pyridine rings is 1. The van der Waals surface area contributed by atoms with Gasteiger partial charge in [0.15, 0.2) is 0 Å². The summed E-state index contributed by atoms with van der Waals surface area (Å²) in [5.74, 6) is 0.0897. The first kappa shape index (κ1) is 24.3. The third-order valence-electron chi connectivity index (χ3n) is 5.99. The Morgan fingerprint density at radius 1 is 0.784 bits per heavy atom. The molecule has 5 rings (SSSR count). The molecule has 8 heteroatoms. The van der Waals surface area contributed by atoms with Gasteiger partial charge in [-0.3, -0.25) is 14.2 Å². The minimum Gasteiger partial charge on any atom is -0.355 e.